The molecule has 65 valence electrons. The number of ether oxygens (including phenoxy) is 1. The molecule has 2 aromatic rings. The average Bonchev–Trinajstić information content (AvgIpc) is 2.71. The number of methoxy groups -OCH3 is 1. The van der Waals surface area contributed by atoms with E-state index in [1.165, 1.54) is 0 Å². The van der Waals surface area contributed by atoms with E-state index in [2.05, 4.69) is 11.4 Å². The van der Waals surface area contributed by atoms with Crippen LogP contribution in [0.1, 0.15) is 0 Å². The Morgan fingerprint density at radius 3 is 3.08 bits per heavy atom. The third-order valence-corrected chi connectivity index (χ3v) is 1.77. The summed E-state index contributed by atoms with van der Waals surface area (Å²) >= 11 is 0. The zero-order valence-electron chi connectivity index (χ0n) is 7.15. The third-order valence-electron chi connectivity index (χ3n) is 1.77. The second-order valence-corrected chi connectivity index (χ2v) is 2.57. The SMILES string of the molecule is COc1cccc(-c2[c]noc2)c1. The fourth-order valence-electron chi connectivity index (χ4n) is 1.10. The van der Waals surface area contributed by atoms with Crippen LogP contribution < -0.4 is 4.74 Å². The first-order valence-electron chi connectivity index (χ1n) is 3.86. The molecule has 1 aromatic carbocycles. The van der Waals surface area contributed by atoms with Crippen molar-refractivity contribution in [3.63, 3.8) is 0 Å². The first-order chi connectivity index (χ1) is 6.40. The van der Waals surface area contributed by atoms with Crippen LogP contribution in [-0.4, -0.2) is 12.3 Å². The van der Waals surface area contributed by atoms with Crippen LogP contribution in [0.3, 0.4) is 0 Å². The Balaban J connectivity index is 2.41. The lowest BCUT2D eigenvalue weighted by Crippen LogP contribution is -1.82. The number of aromatic nitrogens is 1. The van der Waals surface area contributed by atoms with E-state index in [0.717, 1.165) is 16.9 Å². The third kappa shape index (κ3) is 1.54. The van der Waals surface area contributed by atoms with Gasteiger partial charge >= 0.3 is 0 Å². The van der Waals surface area contributed by atoms with Gasteiger partial charge in [-0.1, -0.05) is 17.3 Å². The Kier molecular flexibility index (Phi) is 2.00. The summed E-state index contributed by atoms with van der Waals surface area (Å²) in [6, 6.07) is 7.65. The smallest absolute Gasteiger partial charge is 0.144 e. The lowest BCUT2D eigenvalue weighted by molar-refractivity contribution is 0.415. The topological polar surface area (TPSA) is 35.3 Å². The zero-order chi connectivity index (χ0) is 9.10. The second-order valence-electron chi connectivity index (χ2n) is 2.57. The highest BCUT2D eigenvalue weighted by Crippen LogP contribution is 2.22. The molecule has 0 spiro atoms. The van der Waals surface area contributed by atoms with Crippen molar-refractivity contribution in [2.24, 2.45) is 0 Å². The van der Waals surface area contributed by atoms with Crippen LogP contribution >= 0.6 is 0 Å². The number of hydrogen-bond acceptors (Lipinski definition) is 3. The molecule has 0 fully saturated rings. The fraction of sp³-hybridized carbons (Fsp3) is 0.100. The van der Waals surface area contributed by atoms with E-state index < -0.39 is 0 Å². The maximum atomic E-state index is 5.09. The predicted molar refractivity (Wildman–Crippen MR) is 47.3 cm³/mol. The van der Waals surface area contributed by atoms with E-state index in [4.69, 9.17) is 9.26 Å². The molecule has 1 aromatic heterocycles. The summed E-state index contributed by atoms with van der Waals surface area (Å²) < 4.78 is 9.78. The van der Waals surface area contributed by atoms with Crippen molar-refractivity contribution in [1.82, 2.24) is 5.16 Å². The summed E-state index contributed by atoms with van der Waals surface area (Å²) in [6.45, 7) is 0. The molecular weight excluding hydrogens is 166 g/mol. The minimum atomic E-state index is 0.812. The Morgan fingerprint density at radius 1 is 1.46 bits per heavy atom. The monoisotopic (exact) mass is 174 g/mol. The van der Waals surface area contributed by atoms with Crippen LogP contribution in [0.15, 0.2) is 35.1 Å². The van der Waals surface area contributed by atoms with Gasteiger partial charge in [-0.2, -0.15) is 0 Å². The molecule has 1 heterocycles. The van der Waals surface area contributed by atoms with Crippen LogP contribution in [0.5, 0.6) is 5.75 Å². The molecule has 1 radical (unpaired) electrons. The minimum Gasteiger partial charge on any atom is -0.497 e. The largest absolute Gasteiger partial charge is 0.497 e. The molecule has 0 amide bonds. The van der Waals surface area contributed by atoms with Gasteiger partial charge in [0.15, 0.2) is 0 Å². The predicted octanol–water partition coefficient (Wildman–Crippen LogP) is 2.15. The fourth-order valence-corrected chi connectivity index (χ4v) is 1.10. The van der Waals surface area contributed by atoms with E-state index in [1.807, 2.05) is 24.3 Å². The lowest BCUT2D eigenvalue weighted by Gasteiger charge is -2.00. The molecule has 3 nitrogen and oxygen atoms in total. The van der Waals surface area contributed by atoms with Gasteiger partial charge in [0, 0.05) is 0 Å². The molecule has 3 heteroatoms. The molecule has 13 heavy (non-hydrogen) atoms. The van der Waals surface area contributed by atoms with Crippen molar-refractivity contribution < 1.29 is 9.26 Å². The molecule has 0 aliphatic heterocycles. The van der Waals surface area contributed by atoms with Gasteiger partial charge in [-0.05, 0) is 17.7 Å². The van der Waals surface area contributed by atoms with Crippen molar-refractivity contribution >= 4 is 0 Å². The summed E-state index contributed by atoms with van der Waals surface area (Å²) in [6.07, 6.45) is 4.28. The van der Waals surface area contributed by atoms with Crippen molar-refractivity contribution in [1.29, 1.82) is 0 Å². The number of benzene rings is 1. The summed E-state index contributed by atoms with van der Waals surface area (Å²) in [5, 5.41) is 3.51. The van der Waals surface area contributed by atoms with Crippen LogP contribution in [0.2, 0.25) is 0 Å². The van der Waals surface area contributed by atoms with E-state index >= 15 is 0 Å². The van der Waals surface area contributed by atoms with E-state index in [-0.39, 0.29) is 0 Å². The van der Waals surface area contributed by atoms with E-state index in [1.54, 1.807) is 13.4 Å². The first-order valence-corrected chi connectivity index (χ1v) is 3.86. The van der Waals surface area contributed by atoms with Crippen LogP contribution in [0.4, 0.5) is 0 Å². The van der Waals surface area contributed by atoms with Crippen LogP contribution in [-0.2, 0) is 0 Å². The van der Waals surface area contributed by atoms with Crippen molar-refractivity contribution in [2.45, 2.75) is 0 Å². The summed E-state index contributed by atoms with van der Waals surface area (Å²) in [7, 11) is 1.64. The van der Waals surface area contributed by atoms with Gasteiger partial charge in [-0.15, -0.1) is 0 Å². The minimum absolute atomic E-state index is 0.812. The summed E-state index contributed by atoms with van der Waals surface area (Å²) in [5.41, 5.74) is 1.82. The highest BCUT2D eigenvalue weighted by molar-refractivity contribution is 5.62. The Bertz CT molecular complexity index is 382. The van der Waals surface area contributed by atoms with Crippen LogP contribution in [0.25, 0.3) is 11.1 Å². The van der Waals surface area contributed by atoms with Crippen molar-refractivity contribution in [3.05, 3.63) is 36.7 Å². The molecule has 0 unspecified atom stereocenters. The lowest BCUT2D eigenvalue weighted by atomic mass is 10.1. The Labute approximate surface area is 75.9 Å². The molecule has 0 aliphatic rings. The van der Waals surface area contributed by atoms with Crippen LogP contribution in [0, 0.1) is 6.20 Å². The Hall–Kier alpha value is -1.77. The Morgan fingerprint density at radius 2 is 2.38 bits per heavy atom. The standard InChI is InChI=1S/C10H8NO2/c1-12-10-4-2-3-8(5-10)9-6-11-13-7-9/h2-5,7H,1H3. The molecular formula is C10H8NO2. The molecule has 0 bridgehead atoms. The van der Waals surface area contributed by atoms with Gasteiger partial charge in [0.25, 0.3) is 0 Å². The molecule has 2 rings (SSSR count). The highest BCUT2D eigenvalue weighted by atomic mass is 16.5. The molecule has 0 atom stereocenters. The van der Waals surface area contributed by atoms with Gasteiger partial charge < -0.3 is 9.26 Å². The van der Waals surface area contributed by atoms with Gasteiger partial charge in [0.2, 0.25) is 0 Å². The highest BCUT2D eigenvalue weighted by Gasteiger charge is 2.01. The maximum absolute atomic E-state index is 5.09. The van der Waals surface area contributed by atoms with Crippen molar-refractivity contribution in [2.75, 3.05) is 7.11 Å². The molecule has 0 aliphatic carbocycles. The maximum Gasteiger partial charge on any atom is 0.144 e. The first kappa shape index (κ1) is 7.86. The quantitative estimate of drug-likeness (QED) is 0.699. The molecule has 0 saturated heterocycles. The number of hydrogen-bond donors (Lipinski definition) is 0. The van der Waals surface area contributed by atoms with Gasteiger partial charge in [-0.25, -0.2) is 0 Å². The normalized spacial score (nSPS) is 9.92. The summed E-state index contributed by atoms with van der Waals surface area (Å²) in [4.78, 5) is 0. The number of nitrogens with zero attached hydrogens (tertiary/aromatic N) is 1. The zero-order valence-corrected chi connectivity index (χ0v) is 7.15. The van der Waals surface area contributed by atoms with Gasteiger partial charge in [0.05, 0.1) is 12.7 Å². The van der Waals surface area contributed by atoms with Gasteiger partial charge in [-0.3, -0.25) is 0 Å². The summed E-state index contributed by atoms with van der Waals surface area (Å²) in [5.74, 6) is 0.812. The second kappa shape index (κ2) is 3.31. The number of rotatable bonds is 2. The van der Waals surface area contributed by atoms with E-state index in [9.17, 15) is 0 Å². The van der Waals surface area contributed by atoms with Crippen molar-refractivity contribution in [3.8, 4) is 16.9 Å². The van der Waals surface area contributed by atoms with E-state index in [0.29, 0.717) is 0 Å². The average molecular weight is 174 g/mol. The molecule has 0 saturated carbocycles. The molecule has 0 N–H and O–H groups in total. The van der Waals surface area contributed by atoms with Gasteiger partial charge in [0.1, 0.15) is 18.2 Å².